The molecule has 0 unspecified atom stereocenters. The van der Waals surface area contributed by atoms with E-state index in [0.717, 1.165) is 17.9 Å². The molecule has 0 aliphatic heterocycles. The molecule has 2 rings (SSSR count). The van der Waals surface area contributed by atoms with E-state index in [1.54, 1.807) is 0 Å². The predicted octanol–water partition coefficient (Wildman–Crippen LogP) is 0.381. The molecule has 0 fully saturated rings. The SMILES string of the molecule is Cn1cc([N+](=O)[O-])c([N+](=O)[O-])n1.Cn1nc([N+](=O)[O-])c([N+](=O)[O-])c1[N+](=O)[O-]. The van der Waals surface area contributed by atoms with Crippen LogP contribution in [0.25, 0.3) is 0 Å². The molecule has 2 heterocycles. The van der Waals surface area contributed by atoms with Crippen LogP contribution in [0.15, 0.2) is 6.20 Å². The lowest BCUT2D eigenvalue weighted by molar-refractivity contribution is -0.441. The van der Waals surface area contributed by atoms with Gasteiger partial charge in [-0.1, -0.05) is 0 Å². The standard InChI is InChI=1S/C4H3N5O6.C4H4N4O4/c1-6-4(9(14)15)2(7(10)11)3(5-6)8(12)13;1-6-2-3(7(9)10)4(5-6)8(11)12/h1H3;2H,1H3. The average molecular weight is 389 g/mol. The summed E-state index contributed by atoms with van der Waals surface area (Å²) < 4.78 is 1.51. The van der Waals surface area contributed by atoms with Gasteiger partial charge in [0.05, 0.1) is 22.0 Å². The number of rotatable bonds is 5. The van der Waals surface area contributed by atoms with Gasteiger partial charge in [0, 0.05) is 0 Å². The molecule has 0 atom stereocenters. The molecule has 144 valence electrons. The molecule has 0 saturated heterocycles. The van der Waals surface area contributed by atoms with Crippen molar-refractivity contribution in [2.24, 2.45) is 14.1 Å². The average Bonchev–Trinajstić information content (AvgIpc) is 3.08. The summed E-state index contributed by atoms with van der Waals surface area (Å²) in [4.78, 5) is 46.3. The van der Waals surface area contributed by atoms with Gasteiger partial charge in [-0.15, -0.1) is 0 Å². The van der Waals surface area contributed by atoms with Crippen LogP contribution in [0.4, 0.5) is 28.8 Å². The molecule has 0 amide bonds. The van der Waals surface area contributed by atoms with Crippen LogP contribution in [0.2, 0.25) is 0 Å². The number of aromatic nitrogens is 4. The van der Waals surface area contributed by atoms with Crippen molar-refractivity contribution in [1.29, 1.82) is 0 Å². The highest BCUT2D eigenvalue weighted by Gasteiger charge is 2.44. The number of hydrogen-bond acceptors (Lipinski definition) is 12. The van der Waals surface area contributed by atoms with E-state index < -0.39 is 53.4 Å². The van der Waals surface area contributed by atoms with E-state index in [0.29, 0.717) is 4.68 Å². The highest BCUT2D eigenvalue weighted by Crippen LogP contribution is 2.34. The van der Waals surface area contributed by atoms with Crippen LogP contribution in [0, 0.1) is 50.6 Å². The normalized spacial score (nSPS) is 9.85. The zero-order valence-electron chi connectivity index (χ0n) is 13.2. The first-order chi connectivity index (χ1) is 12.4. The van der Waals surface area contributed by atoms with Gasteiger partial charge < -0.3 is 30.3 Å². The van der Waals surface area contributed by atoms with Crippen molar-refractivity contribution in [3.8, 4) is 0 Å². The van der Waals surface area contributed by atoms with Gasteiger partial charge in [-0.25, -0.2) is 0 Å². The Morgan fingerprint density at radius 3 is 1.59 bits per heavy atom. The first kappa shape index (κ1) is 20.5. The Morgan fingerprint density at radius 2 is 1.26 bits per heavy atom. The second-order valence-corrected chi connectivity index (χ2v) is 4.42. The Kier molecular flexibility index (Phi) is 5.71. The summed E-state index contributed by atoms with van der Waals surface area (Å²) in [6, 6.07) is 0. The summed E-state index contributed by atoms with van der Waals surface area (Å²) in [5.41, 5.74) is -1.81. The molecule has 0 radical (unpaired) electrons. The lowest BCUT2D eigenvalue weighted by Crippen LogP contribution is -2.00. The lowest BCUT2D eigenvalue weighted by Gasteiger charge is -1.89. The maximum absolute atomic E-state index is 10.4. The Bertz CT molecular complexity index is 927. The first-order valence-corrected chi connectivity index (χ1v) is 6.21. The molecule has 2 aromatic rings. The Labute approximate surface area is 145 Å². The third-order valence-corrected chi connectivity index (χ3v) is 2.66. The monoisotopic (exact) mass is 389 g/mol. The van der Waals surface area contributed by atoms with Crippen molar-refractivity contribution in [1.82, 2.24) is 19.6 Å². The minimum Gasteiger partial charge on any atom is -0.358 e. The van der Waals surface area contributed by atoms with Gasteiger partial charge in [0.1, 0.15) is 13.2 Å². The van der Waals surface area contributed by atoms with E-state index in [2.05, 4.69) is 10.2 Å². The van der Waals surface area contributed by atoms with Gasteiger partial charge in [0.15, 0.2) is 5.10 Å². The minimum absolute atomic E-state index is 0.482. The van der Waals surface area contributed by atoms with Gasteiger partial charge in [-0.3, -0.25) is 20.2 Å². The van der Waals surface area contributed by atoms with E-state index in [1.807, 2.05) is 0 Å². The summed E-state index contributed by atoms with van der Waals surface area (Å²) in [5.74, 6) is -2.90. The molecular weight excluding hydrogens is 382 g/mol. The molecule has 0 aromatic carbocycles. The first-order valence-electron chi connectivity index (χ1n) is 6.21. The molecule has 27 heavy (non-hydrogen) atoms. The van der Waals surface area contributed by atoms with Crippen LogP contribution >= 0.6 is 0 Å². The number of nitrogens with zero attached hydrogens (tertiary/aromatic N) is 9. The maximum Gasteiger partial charge on any atom is 0.498 e. The van der Waals surface area contributed by atoms with E-state index in [4.69, 9.17) is 0 Å². The summed E-state index contributed by atoms with van der Waals surface area (Å²) in [5, 5.41) is 57.9. The van der Waals surface area contributed by atoms with Gasteiger partial charge in [-0.2, -0.15) is 4.68 Å². The summed E-state index contributed by atoms with van der Waals surface area (Å²) >= 11 is 0. The van der Waals surface area contributed by atoms with Crippen LogP contribution in [0.3, 0.4) is 0 Å². The van der Waals surface area contributed by atoms with Crippen molar-refractivity contribution < 1.29 is 24.6 Å². The second kappa shape index (κ2) is 7.54. The third kappa shape index (κ3) is 4.28. The van der Waals surface area contributed by atoms with Gasteiger partial charge in [-0.05, 0) is 19.5 Å². The van der Waals surface area contributed by atoms with Crippen molar-refractivity contribution in [2.45, 2.75) is 0 Å². The number of nitro groups is 5. The van der Waals surface area contributed by atoms with Crippen LogP contribution in [0.1, 0.15) is 0 Å². The van der Waals surface area contributed by atoms with Crippen LogP contribution in [-0.4, -0.2) is 44.2 Å². The van der Waals surface area contributed by atoms with E-state index >= 15 is 0 Å². The van der Waals surface area contributed by atoms with Crippen LogP contribution in [0.5, 0.6) is 0 Å². The summed E-state index contributed by atoms with van der Waals surface area (Å²) in [6.45, 7) is 0. The zero-order valence-corrected chi connectivity index (χ0v) is 13.2. The molecule has 0 spiro atoms. The molecule has 0 saturated carbocycles. The molecule has 0 N–H and O–H groups in total. The minimum atomic E-state index is -1.22. The topological polar surface area (TPSA) is 251 Å². The second-order valence-electron chi connectivity index (χ2n) is 4.42. The molecule has 2 aromatic heterocycles. The van der Waals surface area contributed by atoms with Crippen molar-refractivity contribution in [3.05, 3.63) is 56.8 Å². The predicted molar refractivity (Wildman–Crippen MR) is 79.7 cm³/mol. The van der Waals surface area contributed by atoms with Gasteiger partial charge in [0.2, 0.25) is 0 Å². The summed E-state index contributed by atoms with van der Waals surface area (Å²) in [7, 11) is 2.39. The molecule has 19 nitrogen and oxygen atoms in total. The van der Waals surface area contributed by atoms with E-state index in [9.17, 15) is 50.6 Å². The quantitative estimate of drug-likeness (QED) is 0.496. The fraction of sp³-hybridized carbons (Fsp3) is 0.250. The van der Waals surface area contributed by atoms with E-state index in [1.165, 1.54) is 7.05 Å². The summed E-state index contributed by atoms with van der Waals surface area (Å²) in [6.07, 6.45) is 0.984. The molecule has 0 aliphatic carbocycles. The molecule has 19 heteroatoms. The third-order valence-electron chi connectivity index (χ3n) is 2.66. The largest absolute Gasteiger partial charge is 0.498 e. The highest BCUT2D eigenvalue weighted by molar-refractivity contribution is 5.59. The molecule has 0 aliphatic rings. The van der Waals surface area contributed by atoms with E-state index in [-0.39, 0.29) is 0 Å². The Morgan fingerprint density at radius 1 is 0.741 bits per heavy atom. The van der Waals surface area contributed by atoms with Crippen LogP contribution < -0.4 is 0 Å². The zero-order chi connectivity index (χ0) is 21.0. The lowest BCUT2D eigenvalue weighted by atomic mass is 10.5. The Balaban J connectivity index is 0.000000277. The van der Waals surface area contributed by atoms with Crippen molar-refractivity contribution in [3.63, 3.8) is 0 Å². The fourth-order valence-corrected chi connectivity index (χ4v) is 1.70. The highest BCUT2D eigenvalue weighted by atomic mass is 16.7. The molecule has 0 bridgehead atoms. The number of hydrogen-bond donors (Lipinski definition) is 0. The van der Waals surface area contributed by atoms with Gasteiger partial charge in [0.25, 0.3) is 0 Å². The maximum atomic E-state index is 10.4. The van der Waals surface area contributed by atoms with Crippen molar-refractivity contribution >= 4 is 28.8 Å². The van der Waals surface area contributed by atoms with Crippen LogP contribution in [-0.2, 0) is 14.1 Å². The van der Waals surface area contributed by atoms with Gasteiger partial charge >= 0.3 is 28.8 Å². The molecular formula is C8H7N9O10. The smallest absolute Gasteiger partial charge is 0.358 e. The fourth-order valence-electron chi connectivity index (χ4n) is 1.70. The Hall–Kier alpha value is -4.58. The number of aryl methyl sites for hydroxylation is 2. The van der Waals surface area contributed by atoms with Crippen molar-refractivity contribution in [2.75, 3.05) is 0 Å².